The summed E-state index contributed by atoms with van der Waals surface area (Å²) in [7, 11) is 3.47. The number of hydrogen-bond donors (Lipinski definition) is 1. The van der Waals surface area contributed by atoms with E-state index in [9.17, 15) is 0 Å². The Morgan fingerprint density at radius 2 is 2.22 bits per heavy atom. The summed E-state index contributed by atoms with van der Waals surface area (Å²) in [5, 5.41) is 8.20. The van der Waals surface area contributed by atoms with Gasteiger partial charge in [0.25, 0.3) is 0 Å². The molecule has 2 rings (SSSR count). The van der Waals surface area contributed by atoms with Gasteiger partial charge >= 0.3 is 0 Å². The highest BCUT2D eigenvalue weighted by atomic mass is 35.5. The van der Waals surface area contributed by atoms with Crippen LogP contribution >= 0.6 is 11.6 Å². The number of ether oxygens (including phenoxy) is 1. The van der Waals surface area contributed by atoms with E-state index >= 15 is 0 Å². The van der Waals surface area contributed by atoms with Crippen molar-refractivity contribution in [3.8, 4) is 5.88 Å². The van der Waals surface area contributed by atoms with Crippen molar-refractivity contribution in [2.24, 2.45) is 7.05 Å². The van der Waals surface area contributed by atoms with E-state index in [0.29, 0.717) is 17.4 Å². The van der Waals surface area contributed by atoms with Crippen LogP contribution in [0.3, 0.4) is 0 Å². The topological polar surface area (TPSA) is 52.0 Å². The van der Waals surface area contributed by atoms with E-state index in [1.54, 1.807) is 24.1 Å². The van der Waals surface area contributed by atoms with Gasteiger partial charge in [-0.3, -0.25) is 4.68 Å². The van der Waals surface area contributed by atoms with Crippen molar-refractivity contribution in [1.82, 2.24) is 14.8 Å². The van der Waals surface area contributed by atoms with Gasteiger partial charge in [0.05, 0.1) is 41.9 Å². The number of hydrogen-bond acceptors (Lipinski definition) is 4. The largest absolute Gasteiger partial charge is 0.481 e. The van der Waals surface area contributed by atoms with Crippen LogP contribution in [0, 0.1) is 6.92 Å². The Hall–Kier alpha value is -1.75. The molecule has 0 aliphatic carbocycles. The SMILES string of the molecule is COc1ccc(NCc2c(Cl)c(C)nn2C)cn1. The smallest absolute Gasteiger partial charge is 0.213 e. The minimum atomic E-state index is 0.593. The van der Waals surface area contributed by atoms with Gasteiger partial charge in [-0.1, -0.05) is 11.6 Å². The normalized spacial score (nSPS) is 10.4. The second kappa shape index (κ2) is 5.27. The molecule has 0 amide bonds. The number of nitrogens with zero attached hydrogens (tertiary/aromatic N) is 3. The lowest BCUT2D eigenvalue weighted by Crippen LogP contribution is -2.06. The zero-order chi connectivity index (χ0) is 13.1. The van der Waals surface area contributed by atoms with Crippen molar-refractivity contribution in [3.63, 3.8) is 0 Å². The lowest BCUT2D eigenvalue weighted by Gasteiger charge is -2.07. The zero-order valence-electron chi connectivity index (χ0n) is 10.6. The maximum absolute atomic E-state index is 6.17. The standard InChI is InChI=1S/C12H15ClN4O/c1-8-12(13)10(17(2)16-8)7-14-9-4-5-11(18-3)15-6-9/h4-6,14H,7H2,1-3H3. The van der Waals surface area contributed by atoms with E-state index in [2.05, 4.69) is 15.4 Å². The molecule has 0 atom stereocenters. The number of aromatic nitrogens is 3. The fourth-order valence-corrected chi connectivity index (χ4v) is 1.89. The highest BCUT2D eigenvalue weighted by Gasteiger charge is 2.10. The van der Waals surface area contributed by atoms with Crippen LogP contribution in [0.5, 0.6) is 5.88 Å². The maximum atomic E-state index is 6.17. The molecule has 0 bridgehead atoms. The fraction of sp³-hybridized carbons (Fsp3) is 0.333. The van der Waals surface area contributed by atoms with Crippen molar-refractivity contribution in [2.45, 2.75) is 13.5 Å². The van der Waals surface area contributed by atoms with Crippen molar-refractivity contribution >= 4 is 17.3 Å². The van der Waals surface area contributed by atoms with Crippen LogP contribution in [0.2, 0.25) is 5.02 Å². The zero-order valence-corrected chi connectivity index (χ0v) is 11.3. The average molecular weight is 267 g/mol. The van der Waals surface area contributed by atoms with E-state index in [1.807, 2.05) is 20.0 Å². The third-order valence-electron chi connectivity index (χ3n) is 2.67. The predicted octanol–water partition coefficient (Wildman–Crippen LogP) is 2.40. The summed E-state index contributed by atoms with van der Waals surface area (Å²) in [4.78, 5) is 4.12. The van der Waals surface area contributed by atoms with Gasteiger partial charge in [-0.05, 0) is 13.0 Å². The number of pyridine rings is 1. The quantitative estimate of drug-likeness (QED) is 0.923. The molecule has 0 unspecified atom stereocenters. The summed E-state index contributed by atoms with van der Waals surface area (Å²) in [5.74, 6) is 0.593. The van der Waals surface area contributed by atoms with Crippen LogP contribution in [0.15, 0.2) is 18.3 Å². The molecule has 6 heteroatoms. The Morgan fingerprint density at radius 1 is 1.44 bits per heavy atom. The second-order valence-electron chi connectivity index (χ2n) is 3.91. The Kier molecular flexibility index (Phi) is 3.72. The maximum Gasteiger partial charge on any atom is 0.213 e. The molecule has 2 aromatic heterocycles. The lowest BCUT2D eigenvalue weighted by atomic mass is 10.3. The number of rotatable bonds is 4. The Bertz CT molecular complexity index is 536. The number of aryl methyl sites for hydroxylation is 2. The molecule has 0 aliphatic heterocycles. The summed E-state index contributed by atoms with van der Waals surface area (Å²) < 4.78 is 6.78. The van der Waals surface area contributed by atoms with E-state index in [1.165, 1.54) is 0 Å². The molecule has 0 saturated carbocycles. The molecule has 0 saturated heterocycles. The fourth-order valence-electron chi connectivity index (χ4n) is 1.66. The molecule has 0 aromatic carbocycles. The van der Waals surface area contributed by atoms with E-state index in [4.69, 9.17) is 16.3 Å². The molecule has 96 valence electrons. The van der Waals surface area contributed by atoms with Crippen LogP contribution in [-0.4, -0.2) is 21.9 Å². The molecule has 0 radical (unpaired) electrons. The summed E-state index contributed by atoms with van der Waals surface area (Å²) in [6.07, 6.45) is 1.72. The lowest BCUT2D eigenvalue weighted by molar-refractivity contribution is 0.398. The molecule has 2 aromatic rings. The van der Waals surface area contributed by atoms with Crippen LogP contribution in [-0.2, 0) is 13.6 Å². The van der Waals surface area contributed by atoms with Gasteiger partial charge in [-0.25, -0.2) is 4.98 Å². The van der Waals surface area contributed by atoms with Gasteiger partial charge < -0.3 is 10.1 Å². The molecule has 0 aliphatic rings. The molecular weight excluding hydrogens is 252 g/mol. The van der Waals surface area contributed by atoms with Crippen LogP contribution in [0.1, 0.15) is 11.4 Å². The highest BCUT2D eigenvalue weighted by Crippen LogP contribution is 2.20. The first-order valence-corrected chi connectivity index (χ1v) is 5.91. The van der Waals surface area contributed by atoms with Crippen molar-refractivity contribution in [1.29, 1.82) is 0 Å². The average Bonchev–Trinajstić information content (AvgIpc) is 2.62. The third-order valence-corrected chi connectivity index (χ3v) is 3.16. The summed E-state index contributed by atoms with van der Waals surface area (Å²) in [5.41, 5.74) is 2.69. The van der Waals surface area contributed by atoms with Crippen LogP contribution < -0.4 is 10.1 Å². The Labute approximate surface area is 111 Å². The van der Waals surface area contributed by atoms with Crippen molar-refractivity contribution in [3.05, 3.63) is 34.7 Å². The molecule has 1 N–H and O–H groups in total. The molecule has 2 heterocycles. The van der Waals surface area contributed by atoms with Crippen molar-refractivity contribution < 1.29 is 4.74 Å². The van der Waals surface area contributed by atoms with E-state index < -0.39 is 0 Å². The van der Waals surface area contributed by atoms with Crippen molar-refractivity contribution in [2.75, 3.05) is 12.4 Å². The highest BCUT2D eigenvalue weighted by molar-refractivity contribution is 6.31. The Balaban J connectivity index is 2.06. The predicted molar refractivity (Wildman–Crippen MR) is 71.1 cm³/mol. The molecule has 18 heavy (non-hydrogen) atoms. The minimum Gasteiger partial charge on any atom is -0.481 e. The van der Waals surface area contributed by atoms with Crippen LogP contribution in [0.25, 0.3) is 0 Å². The first-order valence-electron chi connectivity index (χ1n) is 5.53. The van der Waals surface area contributed by atoms with E-state index in [-0.39, 0.29) is 0 Å². The van der Waals surface area contributed by atoms with Gasteiger partial charge in [0.2, 0.25) is 5.88 Å². The number of anilines is 1. The second-order valence-corrected chi connectivity index (χ2v) is 4.29. The molecule has 5 nitrogen and oxygen atoms in total. The third kappa shape index (κ3) is 2.56. The number of nitrogens with one attached hydrogen (secondary N) is 1. The number of methoxy groups -OCH3 is 1. The van der Waals surface area contributed by atoms with E-state index in [0.717, 1.165) is 17.1 Å². The van der Waals surface area contributed by atoms with Gasteiger partial charge in [0.15, 0.2) is 0 Å². The minimum absolute atomic E-state index is 0.593. The van der Waals surface area contributed by atoms with Gasteiger partial charge in [-0.2, -0.15) is 5.10 Å². The Morgan fingerprint density at radius 3 is 2.72 bits per heavy atom. The first-order chi connectivity index (χ1) is 8.61. The molecule has 0 spiro atoms. The summed E-state index contributed by atoms with van der Waals surface area (Å²) in [6, 6.07) is 3.71. The monoisotopic (exact) mass is 266 g/mol. The van der Waals surface area contributed by atoms with Gasteiger partial charge in [0, 0.05) is 13.1 Å². The van der Waals surface area contributed by atoms with Gasteiger partial charge in [-0.15, -0.1) is 0 Å². The summed E-state index contributed by atoms with van der Waals surface area (Å²) >= 11 is 6.17. The van der Waals surface area contributed by atoms with Crippen LogP contribution in [0.4, 0.5) is 5.69 Å². The molecular formula is C12H15ClN4O. The summed E-state index contributed by atoms with van der Waals surface area (Å²) in [6.45, 7) is 2.49. The molecule has 0 fully saturated rings. The van der Waals surface area contributed by atoms with Gasteiger partial charge in [0.1, 0.15) is 0 Å². The number of halogens is 1. The first kappa shape index (κ1) is 12.7.